The zero-order valence-electron chi connectivity index (χ0n) is 17.3. The number of carbonyl (C=O) groups is 3. The SMILES string of the molecule is CC(C)[C@](C)(C#N)NC(=O)COC(=O)[C@H]1CC(=O)N(c2ccc3c(c2)OCCO3)C1. The fourth-order valence-electron chi connectivity index (χ4n) is 3.20. The molecule has 0 aromatic heterocycles. The summed E-state index contributed by atoms with van der Waals surface area (Å²) in [7, 11) is 0. The van der Waals surface area contributed by atoms with E-state index in [1.165, 1.54) is 4.90 Å². The number of ether oxygens (including phenoxy) is 3. The van der Waals surface area contributed by atoms with E-state index < -0.39 is 29.9 Å². The van der Waals surface area contributed by atoms with Crippen LogP contribution in [0.3, 0.4) is 0 Å². The lowest BCUT2D eigenvalue weighted by atomic mass is 9.90. The van der Waals surface area contributed by atoms with Crippen LogP contribution in [0.2, 0.25) is 0 Å². The van der Waals surface area contributed by atoms with E-state index in [-0.39, 0.29) is 24.8 Å². The molecule has 30 heavy (non-hydrogen) atoms. The summed E-state index contributed by atoms with van der Waals surface area (Å²) in [6.45, 7) is 5.79. The number of carbonyl (C=O) groups excluding carboxylic acids is 3. The van der Waals surface area contributed by atoms with Crippen LogP contribution < -0.4 is 19.7 Å². The molecule has 1 saturated heterocycles. The van der Waals surface area contributed by atoms with Gasteiger partial charge in [0.05, 0.1) is 12.0 Å². The van der Waals surface area contributed by atoms with Crippen molar-refractivity contribution >= 4 is 23.5 Å². The zero-order chi connectivity index (χ0) is 21.9. The molecule has 1 aromatic rings. The molecule has 2 aliphatic rings. The first-order chi connectivity index (χ1) is 14.2. The second-order valence-electron chi connectivity index (χ2n) is 7.86. The van der Waals surface area contributed by atoms with Crippen LogP contribution >= 0.6 is 0 Å². The van der Waals surface area contributed by atoms with Gasteiger partial charge in [-0.05, 0) is 25.0 Å². The Morgan fingerprint density at radius 3 is 2.70 bits per heavy atom. The van der Waals surface area contributed by atoms with Gasteiger partial charge in [-0.1, -0.05) is 13.8 Å². The Hall–Kier alpha value is -3.28. The second-order valence-corrected chi connectivity index (χ2v) is 7.86. The smallest absolute Gasteiger partial charge is 0.311 e. The van der Waals surface area contributed by atoms with Gasteiger partial charge in [0.15, 0.2) is 18.1 Å². The molecule has 1 fully saturated rings. The van der Waals surface area contributed by atoms with E-state index >= 15 is 0 Å². The number of rotatable bonds is 6. The first kappa shape index (κ1) is 21.4. The van der Waals surface area contributed by atoms with E-state index in [1.54, 1.807) is 25.1 Å². The van der Waals surface area contributed by atoms with Gasteiger partial charge in [-0.2, -0.15) is 5.26 Å². The number of hydrogen-bond acceptors (Lipinski definition) is 7. The molecule has 0 saturated carbocycles. The molecule has 2 atom stereocenters. The van der Waals surface area contributed by atoms with Crippen molar-refractivity contribution < 1.29 is 28.6 Å². The van der Waals surface area contributed by atoms with Crippen molar-refractivity contribution in [3.63, 3.8) is 0 Å². The van der Waals surface area contributed by atoms with Crippen LogP contribution in [-0.2, 0) is 19.1 Å². The maximum Gasteiger partial charge on any atom is 0.311 e. The van der Waals surface area contributed by atoms with Gasteiger partial charge in [0, 0.05) is 24.7 Å². The number of benzene rings is 1. The maximum absolute atomic E-state index is 12.4. The molecule has 2 aliphatic heterocycles. The maximum atomic E-state index is 12.4. The number of amides is 2. The summed E-state index contributed by atoms with van der Waals surface area (Å²) in [5.74, 6) is -1.02. The molecule has 1 N–H and O–H groups in total. The molecule has 0 aliphatic carbocycles. The molecule has 0 bridgehead atoms. The van der Waals surface area contributed by atoms with Gasteiger partial charge in [-0.25, -0.2) is 0 Å². The van der Waals surface area contributed by atoms with Gasteiger partial charge in [0.25, 0.3) is 5.91 Å². The van der Waals surface area contributed by atoms with Gasteiger partial charge >= 0.3 is 5.97 Å². The lowest BCUT2D eigenvalue weighted by molar-refractivity contribution is -0.152. The fraction of sp³-hybridized carbons (Fsp3) is 0.524. The number of nitrogens with zero attached hydrogens (tertiary/aromatic N) is 2. The molecule has 0 spiro atoms. The van der Waals surface area contributed by atoms with Gasteiger partial charge in [0.2, 0.25) is 5.91 Å². The highest BCUT2D eigenvalue weighted by molar-refractivity contribution is 6.00. The van der Waals surface area contributed by atoms with Crippen molar-refractivity contribution in [2.24, 2.45) is 11.8 Å². The van der Waals surface area contributed by atoms with E-state index in [0.29, 0.717) is 30.4 Å². The Kier molecular flexibility index (Phi) is 6.15. The van der Waals surface area contributed by atoms with Crippen LogP contribution in [0.1, 0.15) is 27.2 Å². The van der Waals surface area contributed by atoms with Crippen molar-refractivity contribution in [1.82, 2.24) is 5.32 Å². The van der Waals surface area contributed by atoms with E-state index in [1.807, 2.05) is 13.8 Å². The summed E-state index contributed by atoms with van der Waals surface area (Å²) in [5, 5.41) is 11.8. The highest BCUT2D eigenvalue weighted by atomic mass is 16.6. The summed E-state index contributed by atoms with van der Waals surface area (Å²) in [5.41, 5.74) is -0.444. The summed E-state index contributed by atoms with van der Waals surface area (Å²) in [6.07, 6.45) is -0.00318. The predicted octanol–water partition coefficient (Wildman–Crippen LogP) is 1.41. The first-order valence-corrected chi connectivity index (χ1v) is 9.82. The van der Waals surface area contributed by atoms with Crippen molar-refractivity contribution in [2.75, 3.05) is 31.3 Å². The molecule has 160 valence electrons. The van der Waals surface area contributed by atoms with Crippen LogP contribution in [0, 0.1) is 23.2 Å². The molecule has 2 amide bonds. The van der Waals surface area contributed by atoms with Gasteiger partial charge in [0.1, 0.15) is 18.8 Å². The number of fused-ring (bicyclic) bond motifs is 1. The molecule has 2 heterocycles. The quantitative estimate of drug-likeness (QED) is 0.698. The highest BCUT2D eigenvalue weighted by Crippen LogP contribution is 2.36. The molecular formula is C21H25N3O6. The lowest BCUT2D eigenvalue weighted by Gasteiger charge is -2.27. The largest absolute Gasteiger partial charge is 0.486 e. The standard InChI is InChI=1S/C21H25N3O6/c1-13(2)21(3,12-22)23-18(25)11-30-20(27)14-8-19(26)24(10-14)15-4-5-16-17(9-15)29-7-6-28-16/h4-5,9,13-14H,6-8,10-11H2,1-3H3,(H,23,25)/t14-,21-/m0/s1. The zero-order valence-corrected chi connectivity index (χ0v) is 17.3. The number of nitriles is 1. The number of esters is 1. The number of nitrogens with one attached hydrogen (secondary N) is 1. The molecule has 3 rings (SSSR count). The third kappa shape index (κ3) is 4.48. The van der Waals surface area contributed by atoms with Crippen LogP contribution in [0.15, 0.2) is 18.2 Å². The Labute approximate surface area is 174 Å². The van der Waals surface area contributed by atoms with E-state index in [0.717, 1.165) is 0 Å². The number of anilines is 1. The monoisotopic (exact) mass is 415 g/mol. The van der Waals surface area contributed by atoms with Crippen LogP contribution in [0.5, 0.6) is 11.5 Å². The Morgan fingerprint density at radius 1 is 1.33 bits per heavy atom. The molecule has 9 heteroatoms. The van der Waals surface area contributed by atoms with Crippen LogP contribution in [-0.4, -0.2) is 49.7 Å². The van der Waals surface area contributed by atoms with Gasteiger partial charge in [-0.15, -0.1) is 0 Å². The first-order valence-electron chi connectivity index (χ1n) is 9.82. The topological polar surface area (TPSA) is 118 Å². The third-order valence-corrected chi connectivity index (χ3v) is 5.43. The Balaban J connectivity index is 1.56. The average Bonchev–Trinajstić information content (AvgIpc) is 3.13. The minimum atomic E-state index is -1.05. The van der Waals surface area contributed by atoms with Crippen molar-refractivity contribution in [3.8, 4) is 17.6 Å². The van der Waals surface area contributed by atoms with Gasteiger partial charge in [-0.3, -0.25) is 14.4 Å². The highest BCUT2D eigenvalue weighted by Gasteiger charge is 2.37. The summed E-state index contributed by atoms with van der Waals surface area (Å²) in [4.78, 5) is 38.4. The van der Waals surface area contributed by atoms with Crippen molar-refractivity contribution in [2.45, 2.75) is 32.7 Å². The lowest BCUT2D eigenvalue weighted by Crippen LogP contribution is -2.50. The van der Waals surface area contributed by atoms with Crippen molar-refractivity contribution in [1.29, 1.82) is 5.26 Å². The van der Waals surface area contributed by atoms with Gasteiger partial charge < -0.3 is 24.4 Å². The summed E-state index contributed by atoms with van der Waals surface area (Å²) >= 11 is 0. The summed E-state index contributed by atoms with van der Waals surface area (Å²) < 4.78 is 16.1. The molecule has 0 radical (unpaired) electrons. The Morgan fingerprint density at radius 2 is 2.03 bits per heavy atom. The fourth-order valence-corrected chi connectivity index (χ4v) is 3.20. The average molecular weight is 415 g/mol. The van der Waals surface area contributed by atoms with Crippen LogP contribution in [0.25, 0.3) is 0 Å². The molecule has 9 nitrogen and oxygen atoms in total. The minimum absolute atomic E-state index is 0.00318. The number of hydrogen-bond donors (Lipinski definition) is 1. The molecular weight excluding hydrogens is 390 g/mol. The van der Waals surface area contributed by atoms with E-state index in [2.05, 4.69) is 11.4 Å². The predicted molar refractivity (Wildman–Crippen MR) is 106 cm³/mol. The third-order valence-electron chi connectivity index (χ3n) is 5.43. The Bertz CT molecular complexity index is 893. The molecule has 1 aromatic carbocycles. The molecule has 0 unspecified atom stereocenters. The van der Waals surface area contributed by atoms with Crippen LogP contribution in [0.4, 0.5) is 5.69 Å². The second kappa shape index (κ2) is 8.61. The van der Waals surface area contributed by atoms with E-state index in [9.17, 15) is 19.6 Å². The van der Waals surface area contributed by atoms with E-state index in [4.69, 9.17) is 14.2 Å². The van der Waals surface area contributed by atoms with Crippen molar-refractivity contribution in [3.05, 3.63) is 18.2 Å². The normalized spacial score (nSPS) is 19.8. The summed E-state index contributed by atoms with van der Waals surface area (Å²) in [6, 6.07) is 7.24. The minimum Gasteiger partial charge on any atom is -0.486 e.